The fraction of sp³-hybridized carbons (Fsp3) is 0.407. The Labute approximate surface area is 220 Å². The fourth-order valence-electron chi connectivity index (χ4n) is 5.41. The van der Waals surface area contributed by atoms with Crippen LogP contribution in [0.25, 0.3) is 27.9 Å². The molecule has 0 unspecified atom stereocenters. The molecule has 0 N–H and O–H groups in total. The van der Waals surface area contributed by atoms with Crippen LogP contribution in [0.4, 0.5) is 10.6 Å². The highest BCUT2D eigenvalue weighted by Crippen LogP contribution is 2.35. The van der Waals surface area contributed by atoms with Crippen molar-refractivity contribution in [1.82, 2.24) is 34.3 Å². The Hall–Kier alpha value is -4.46. The number of likely N-dealkylation sites (tertiary alicyclic amines) is 1. The normalized spacial score (nSPS) is 19.1. The number of carbonyl (C=O) groups excluding carboxylic acids is 1. The summed E-state index contributed by atoms with van der Waals surface area (Å²) >= 11 is 0. The summed E-state index contributed by atoms with van der Waals surface area (Å²) in [5, 5.41) is 18.3. The number of ether oxygens (including phenoxy) is 1. The second-order valence-electron chi connectivity index (χ2n) is 11.1. The molecule has 4 aromatic heterocycles. The molecule has 11 heteroatoms. The topological polar surface area (TPSA) is 117 Å². The van der Waals surface area contributed by atoms with E-state index in [4.69, 9.17) is 14.7 Å². The molecule has 2 aliphatic heterocycles. The largest absolute Gasteiger partial charge is 0.444 e. The van der Waals surface area contributed by atoms with E-state index in [1.807, 2.05) is 51.2 Å². The third kappa shape index (κ3) is 4.32. The van der Waals surface area contributed by atoms with Gasteiger partial charge in [-0.2, -0.15) is 15.5 Å². The van der Waals surface area contributed by atoms with Crippen LogP contribution in [0.3, 0.4) is 0 Å². The van der Waals surface area contributed by atoms with E-state index < -0.39 is 5.60 Å². The van der Waals surface area contributed by atoms with Gasteiger partial charge in [0.15, 0.2) is 0 Å². The zero-order valence-corrected chi connectivity index (χ0v) is 21.9. The predicted molar refractivity (Wildman–Crippen MR) is 140 cm³/mol. The molecular formula is C27H29N9O2. The van der Waals surface area contributed by atoms with E-state index in [2.05, 4.69) is 21.2 Å². The van der Waals surface area contributed by atoms with Crippen LogP contribution in [0.2, 0.25) is 0 Å². The van der Waals surface area contributed by atoms with E-state index in [0.717, 1.165) is 35.6 Å². The maximum absolute atomic E-state index is 12.5. The Morgan fingerprint density at radius 1 is 1.00 bits per heavy atom. The number of aromatic nitrogens is 6. The zero-order valence-electron chi connectivity index (χ0n) is 21.9. The van der Waals surface area contributed by atoms with E-state index in [0.29, 0.717) is 41.7 Å². The summed E-state index contributed by atoms with van der Waals surface area (Å²) in [5.74, 6) is 1.56. The molecule has 194 valence electrons. The second kappa shape index (κ2) is 8.83. The van der Waals surface area contributed by atoms with Gasteiger partial charge in [-0.05, 0) is 26.8 Å². The van der Waals surface area contributed by atoms with Gasteiger partial charge in [0.25, 0.3) is 0 Å². The summed E-state index contributed by atoms with van der Waals surface area (Å²) in [5.41, 5.74) is 3.99. The Balaban J connectivity index is 1.23. The van der Waals surface area contributed by atoms with Crippen molar-refractivity contribution in [2.75, 3.05) is 31.1 Å². The minimum absolute atomic E-state index is 0.237. The van der Waals surface area contributed by atoms with Gasteiger partial charge in [-0.15, -0.1) is 0 Å². The van der Waals surface area contributed by atoms with Crippen LogP contribution < -0.4 is 4.90 Å². The number of aryl methyl sites for hydroxylation is 1. The first-order valence-corrected chi connectivity index (χ1v) is 12.6. The fourth-order valence-corrected chi connectivity index (χ4v) is 5.41. The highest BCUT2D eigenvalue weighted by Gasteiger charge is 2.43. The molecule has 2 aliphatic rings. The van der Waals surface area contributed by atoms with Gasteiger partial charge in [-0.25, -0.2) is 14.3 Å². The Morgan fingerprint density at radius 2 is 1.76 bits per heavy atom. The molecule has 6 heterocycles. The summed E-state index contributed by atoms with van der Waals surface area (Å²) in [4.78, 5) is 26.1. The lowest BCUT2D eigenvalue weighted by Gasteiger charge is -2.26. The molecule has 0 aromatic carbocycles. The molecule has 0 radical (unpaired) electrons. The number of pyridine rings is 1. The Kier molecular flexibility index (Phi) is 5.56. The number of hydrogen-bond acceptors (Lipinski definition) is 8. The molecule has 0 aliphatic carbocycles. The summed E-state index contributed by atoms with van der Waals surface area (Å²) in [6, 6.07) is 4.24. The summed E-state index contributed by atoms with van der Waals surface area (Å²) in [6.45, 7) is 8.69. The third-order valence-corrected chi connectivity index (χ3v) is 7.15. The standard InChI is InChI=1S/C27H29N9O2/c1-27(2,3)38-26(37)35-14-20-12-34(13-21(20)15-35)24-10-29-23(9-30-24)22-5-17(19-8-31-33(4)11-19)16-36-25(22)18(6-28)7-32-36/h5,7-11,16,20-21H,12-15H2,1-4H3/t20-,21+. The molecule has 2 saturated heterocycles. The number of nitriles is 1. The van der Waals surface area contributed by atoms with Gasteiger partial charge < -0.3 is 14.5 Å². The number of carbonyl (C=O) groups is 1. The molecular weight excluding hydrogens is 482 g/mol. The minimum Gasteiger partial charge on any atom is -0.444 e. The minimum atomic E-state index is -0.494. The van der Waals surface area contributed by atoms with E-state index in [-0.39, 0.29) is 6.09 Å². The zero-order chi connectivity index (χ0) is 26.6. The summed E-state index contributed by atoms with van der Waals surface area (Å²) in [7, 11) is 1.87. The van der Waals surface area contributed by atoms with Crippen molar-refractivity contribution < 1.29 is 9.53 Å². The highest BCUT2D eigenvalue weighted by atomic mass is 16.6. The maximum Gasteiger partial charge on any atom is 0.410 e. The van der Waals surface area contributed by atoms with Crippen molar-refractivity contribution in [3.05, 3.63) is 48.8 Å². The molecule has 4 aromatic rings. The van der Waals surface area contributed by atoms with Gasteiger partial charge in [-0.3, -0.25) is 9.67 Å². The van der Waals surface area contributed by atoms with Crippen LogP contribution in [-0.2, 0) is 11.8 Å². The number of hydrogen-bond donors (Lipinski definition) is 0. The molecule has 0 bridgehead atoms. The van der Waals surface area contributed by atoms with E-state index in [9.17, 15) is 10.1 Å². The van der Waals surface area contributed by atoms with Crippen molar-refractivity contribution in [3.8, 4) is 28.5 Å². The first-order valence-electron chi connectivity index (χ1n) is 12.6. The van der Waals surface area contributed by atoms with Crippen LogP contribution in [0.15, 0.2) is 43.2 Å². The van der Waals surface area contributed by atoms with Gasteiger partial charge in [0, 0.05) is 74.1 Å². The van der Waals surface area contributed by atoms with E-state index in [1.54, 1.807) is 34.0 Å². The molecule has 2 atom stereocenters. The van der Waals surface area contributed by atoms with Crippen LogP contribution >= 0.6 is 0 Å². The molecule has 11 nitrogen and oxygen atoms in total. The lowest BCUT2D eigenvalue weighted by molar-refractivity contribution is 0.0282. The van der Waals surface area contributed by atoms with Gasteiger partial charge in [0.05, 0.1) is 41.6 Å². The van der Waals surface area contributed by atoms with Gasteiger partial charge in [0.2, 0.25) is 0 Å². The van der Waals surface area contributed by atoms with Crippen LogP contribution in [0.5, 0.6) is 0 Å². The summed E-state index contributed by atoms with van der Waals surface area (Å²) < 4.78 is 9.01. The first-order chi connectivity index (χ1) is 18.2. The predicted octanol–water partition coefficient (Wildman–Crippen LogP) is 3.37. The SMILES string of the molecule is Cn1cc(-c2cc(-c3cnc(N4C[C@H]5CN(C(=O)OC(C)(C)C)C[C@H]5C4)cn3)c3c(C#N)cnn3c2)cn1. The first kappa shape index (κ1) is 23.9. The van der Waals surface area contributed by atoms with Crippen molar-refractivity contribution in [2.24, 2.45) is 18.9 Å². The van der Waals surface area contributed by atoms with Crippen LogP contribution in [0, 0.1) is 23.2 Å². The van der Waals surface area contributed by atoms with E-state index in [1.165, 1.54) is 0 Å². The molecule has 38 heavy (non-hydrogen) atoms. The van der Waals surface area contributed by atoms with Crippen LogP contribution in [0.1, 0.15) is 26.3 Å². The summed E-state index contributed by atoms with van der Waals surface area (Å²) in [6.07, 6.45) is 10.5. The average Bonchev–Trinajstić information content (AvgIpc) is 3.65. The average molecular weight is 512 g/mol. The monoisotopic (exact) mass is 511 g/mol. The number of rotatable bonds is 3. The lowest BCUT2D eigenvalue weighted by Crippen LogP contribution is -2.37. The number of amides is 1. The van der Waals surface area contributed by atoms with Gasteiger partial charge >= 0.3 is 6.09 Å². The highest BCUT2D eigenvalue weighted by molar-refractivity contribution is 5.86. The maximum atomic E-state index is 12.5. The number of anilines is 1. The molecule has 0 spiro atoms. The van der Waals surface area contributed by atoms with Crippen molar-refractivity contribution >= 4 is 17.4 Å². The smallest absolute Gasteiger partial charge is 0.410 e. The number of fused-ring (bicyclic) bond motifs is 2. The van der Waals surface area contributed by atoms with Gasteiger partial charge in [-0.1, -0.05) is 0 Å². The van der Waals surface area contributed by atoms with Crippen molar-refractivity contribution in [3.63, 3.8) is 0 Å². The quantitative estimate of drug-likeness (QED) is 0.411. The Morgan fingerprint density at radius 3 is 2.37 bits per heavy atom. The lowest BCUT2D eigenvalue weighted by atomic mass is 10.0. The Bertz CT molecular complexity index is 1540. The molecule has 2 fully saturated rings. The third-order valence-electron chi connectivity index (χ3n) is 7.15. The second-order valence-corrected chi connectivity index (χ2v) is 11.1. The van der Waals surface area contributed by atoms with Crippen LogP contribution in [-0.4, -0.2) is 72.1 Å². The van der Waals surface area contributed by atoms with Gasteiger partial charge in [0.1, 0.15) is 17.5 Å². The van der Waals surface area contributed by atoms with E-state index >= 15 is 0 Å². The number of nitrogens with zero attached hydrogens (tertiary/aromatic N) is 9. The molecule has 6 rings (SSSR count). The molecule has 0 saturated carbocycles. The molecule has 1 amide bonds. The van der Waals surface area contributed by atoms with Crippen molar-refractivity contribution in [2.45, 2.75) is 26.4 Å². The van der Waals surface area contributed by atoms with Crippen molar-refractivity contribution in [1.29, 1.82) is 5.26 Å².